The second-order valence-corrected chi connectivity index (χ2v) is 6.83. The van der Waals surface area contributed by atoms with Gasteiger partial charge in [0.15, 0.2) is 0 Å². The highest BCUT2D eigenvalue weighted by molar-refractivity contribution is 4.91. The summed E-state index contributed by atoms with van der Waals surface area (Å²) in [4.78, 5) is 2.52. The van der Waals surface area contributed by atoms with Crippen LogP contribution in [0.2, 0.25) is 0 Å². The van der Waals surface area contributed by atoms with Crippen LogP contribution in [-0.4, -0.2) is 61.5 Å². The van der Waals surface area contributed by atoms with Crippen molar-refractivity contribution in [2.45, 2.75) is 58.2 Å². The predicted molar refractivity (Wildman–Crippen MR) is 81.9 cm³/mol. The van der Waals surface area contributed by atoms with Gasteiger partial charge in [-0.3, -0.25) is 4.90 Å². The summed E-state index contributed by atoms with van der Waals surface area (Å²) in [5.74, 6) is 0. The Kier molecular flexibility index (Phi) is 6.27. The van der Waals surface area contributed by atoms with E-state index in [-0.39, 0.29) is 18.8 Å². The number of nitrogens with one attached hydrogen (secondary N) is 1. The molecule has 2 N–H and O–H groups in total. The Morgan fingerprint density at radius 1 is 1.30 bits per heavy atom. The van der Waals surface area contributed by atoms with Gasteiger partial charge in [-0.15, -0.1) is 0 Å². The zero-order valence-electron chi connectivity index (χ0n) is 13.2. The Hall–Kier alpha value is -0.160. The molecule has 0 aromatic rings. The van der Waals surface area contributed by atoms with Crippen LogP contribution in [0.3, 0.4) is 0 Å². The van der Waals surface area contributed by atoms with E-state index in [0.29, 0.717) is 5.41 Å². The van der Waals surface area contributed by atoms with E-state index in [2.05, 4.69) is 24.1 Å². The summed E-state index contributed by atoms with van der Waals surface area (Å²) in [5, 5.41) is 13.0. The lowest BCUT2D eigenvalue weighted by Crippen LogP contribution is -2.52. The van der Waals surface area contributed by atoms with Crippen LogP contribution in [0.25, 0.3) is 0 Å². The van der Waals surface area contributed by atoms with Gasteiger partial charge in [-0.05, 0) is 38.1 Å². The molecular formula is C16H32N2O2. The van der Waals surface area contributed by atoms with Crippen LogP contribution in [0.5, 0.6) is 0 Å². The lowest BCUT2D eigenvalue weighted by Gasteiger charge is -2.41. The highest BCUT2D eigenvalue weighted by atomic mass is 16.5. The van der Waals surface area contributed by atoms with Crippen molar-refractivity contribution in [2.24, 2.45) is 5.41 Å². The van der Waals surface area contributed by atoms with Gasteiger partial charge in [0.05, 0.1) is 18.8 Å². The fraction of sp³-hybridized carbons (Fsp3) is 1.00. The number of ether oxygens (including phenoxy) is 1. The van der Waals surface area contributed by atoms with E-state index in [1.165, 1.54) is 32.1 Å². The summed E-state index contributed by atoms with van der Waals surface area (Å²) in [6.45, 7) is 9.81. The van der Waals surface area contributed by atoms with Crippen molar-refractivity contribution in [1.82, 2.24) is 10.2 Å². The molecular weight excluding hydrogens is 252 g/mol. The third-order valence-electron chi connectivity index (χ3n) is 4.76. The van der Waals surface area contributed by atoms with Crippen molar-refractivity contribution < 1.29 is 9.84 Å². The Morgan fingerprint density at radius 3 is 2.70 bits per heavy atom. The van der Waals surface area contributed by atoms with Gasteiger partial charge in [-0.2, -0.15) is 0 Å². The molecule has 4 nitrogen and oxygen atoms in total. The van der Waals surface area contributed by atoms with Gasteiger partial charge < -0.3 is 15.2 Å². The van der Waals surface area contributed by atoms with E-state index >= 15 is 0 Å². The van der Waals surface area contributed by atoms with Crippen LogP contribution in [0.15, 0.2) is 0 Å². The number of hydrogen-bond donors (Lipinski definition) is 2. The van der Waals surface area contributed by atoms with E-state index in [1.807, 2.05) is 0 Å². The molecule has 20 heavy (non-hydrogen) atoms. The van der Waals surface area contributed by atoms with Crippen LogP contribution in [-0.2, 0) is 4.74 Å². The molecule has 1 saturated heterocycles. The highest BCUT2D eigenvalue weighted by Gasteiger charge is 2.37. The van der Waals surface area contributed by atoms with Gasteiger partial charge >= 0.3 is 0 Å². The molecule has 4 heteroatoms. The molecule has 2 aliphatic rings. The molecule has 0 aromatic carbocycles. The molecule has 0 aromatic heterocycles. The largest absolute Gasteiger partial charge is 0.394 e. The molecule has 1 aliphatic carbocycles. The maximum absolute atomic E-state index is 9.36. The first-order valence-corrected chi connectivity index (χ1v) is 8.37. The third-order valence-corrected chi connectivity index (χ3v) is 4.76. The average molecular weight is 284 g/mol. The Balaban J connectivity index is 1.89. The molecule has 0 spiro atoms. The highest BCUT2D eigenvalue weighted by Crippen LogP contribution is 2.38. The molecule has 2 unspecified atom stereocenters. The second-order valence-electron chi connectivity index (χ2n) is 6.83. The molecule has 118 valence electrons. The van der Waals surface area contributed by atoms with Gasteiger partial charge in [-0.25, -0.2) is 0 Å². The smallest absolute Gasteiger partial charge is 0.0936 e. The first kappa shape index (κ1) is 16.2. The van der Waals surface area contributed by atoms with Crippen LogP contribution in [0.1, 0.15) is 46.0 Å². The molecule has 0 bridgehead atoms. The first-order chi connectivity index (χ1) is 9.67. The lowest BCUT2D eigenvalue weighted by atomic mass is 9.85. The van der Waals surface area contributed by atoms with Crippen molar-refractivity contribution in [2.75, 3.05) is 39.3 Å². The quantitative estimate of drug-likeness (QED) is 0.698. The standard InChI is InChI=1S/C16H32N2O2/c1-3-8-17-12-16(6-4-5-7-16)13-18-9-14(2)20-15(10-18)11-19/h14-15,17,19H,3-13H2,1-2H3. The Bertz CT molecular complexity index is 280. The first-order valence-electron chi connectivity index (χ1n) is 8.37. The number of morpholine rings is 1. The van der Waals surface area contributed by atoms with Gasteiger partial charge in [0.1, 0.15) is 0 Å². The fourth-order valence-electron chi connectivity index (χ4n) is 3.89. The summed E-state index contributed by atoms with van der Waals surface area (Å²) in [7, 11) is 0. The van der Waals surface area contributed by atoms with Gasteiger partial charge in [0, 0.05) is 26.2 Å². The Labute approximate surface area is 123 Å². The molecule has 2 fully saturated rings. The SMILES string of the molecule is CCCNCC1(CN2CC(C)OC(CO)C2)CCCC1. The molecule has 2 rings (SSSR count). The third kappa shape index (κ3) is 4.42. The van der Waals surface area contributed by atoms with E-state index in [4.69, 9.17) is 4.74 Å². The maximum Gasteiger partial charge on any atom is 0.0936 e. The number of hydrogen-bond acceptors (Lipinski definition) is 4. The summed E-state index contributed by atoms with van der Waals surface area (Å²) in [6, 6.07) is 0. The van der Waals surface area contributed by atoms with Crippen LogP contribution < -0.4 is 5.32 Å². The minimum absolute atomic E-state index is 0.000744. The summed E-state index contributed by atoms with van der Waals surface area (Å²) >= 11 is 0. The predicted octanol–water partition coefficient (Wildman–Crippen LogP) is 1.63. The van der Waals surface area contributed by atoms with Gasteiger partial charge in [0.25, 0.3) is 0 Å². The molecule has 0 amide bonds. The van der Waals surface area contributed by atoms with Crippen LogP contribution in [0, 0.1) is 5.41 Å². The summed E-state index contributed by atoms with van der Waals surface area (Å²) < 4.78 is 5.75. The topological polar surface area (TPSA) is 44.7 Å². The van der Waals surface area contributed by atoms with Crippen molar-refractivity contribution in [3.63, 3.8) is 0 Å². The lowest BCUT2D eigenvalue weighted by molar-refractivity contribution is -0.102. The molecule has 1 heterocycles. The molecule has 0 radical (unpaired) electrons. The normalized spacial score (nSPS) is 30.8. The molecule has 1 aliphatic heterocycles. The summed E-state index contributed by atoms with van der Waals surface area (Å²) in [5.41, 5.74) is 0.451. The van der Waals surface area contributed by atoms with Crippen molar-refractivity contribution in [3.8, 4) is 0 Å². The van der Waals surface area contributed by atoms with E-state index < -0.39 is 0 Å². The molecule has 2 atom stereocenters. The number of rotatable bonds is 7. The zero-order valence-corrected chi connectivity index (χ0v) is 13.2. The minimum atomic E-state index is 0.000744. The van der Waals surface area contributed by atoms with E-state index in [0.717, 1.165) is 32.7 Å². The minimum Gasteiger partial charge on any atom is -0.394 e. The van der Waals surface area contributed by atoms with E-state index in [1.54, 1.807) is 0 Å². The van der Waals surface area contributed by atoms with E-state index in [9.17, 15) is 5.11 Å². The number of aliphatic hydroxyl groups excluding tert-OH is 1. The maximum atomic E-state index is 9.36. The molecule has 1 saturated carbocycles. The number of aliphatic hydroxyl groups is 1. The van der Waals surface area contributed by atoms with Crippen molar-refractivity contribution in [1.29, 1.82) is 0 Å². The fourth-order valence-corrected chi connectivity index (χ4v) is 3.89. The second kappa shape index (κ2) is 7.74. The monoisotopic (exact) mass is 284 g/mol. The van der Waals surface area contributed by atoms with Crippen molar-refractivity contribution in [3.05, 3.63) is 0 Å². The van der Waals surface area contributed by atoms with Crippen LogP contribution in [0.4, 0.5) is 0 Å². The van der Waals surface area contributed by atoms with Crippen LogP contribution >= 0.6 is 0 Å². The average Bonchev–Trinajstić information content (AvgIpc) is 2.87. The summed E-state index contributed by atoms with van der Waals surface area (Å²) in [6.07, 6.45) is 6.88. The van der Waals surface area contributed by atoms with Crippen molar-refractivity contribution >= 4 is 0 Å². The van der Waals surface area contributed by atoms with Gasteiger partial charge in [-0.1, -0.05) is 19.8 Å². The zero-order chi connectivity index (χ0) is 14.4. The number of nitrogens with zero attached hydrogens (tertiary/aromatic N) is 1. The van der Waals surface area contributed by atoms with Gasteiger partial charge in [0.2, 0.25) is 0 Å². The Morgan fingerprint density at radius 2 is 2.05 bits per heavy atom.